The van der Waals surface area contributed by atoms with Gasteiger partial charge in [0, 0.05) is 31.4 Å². The van der Waals surface area contributed by atoms with E-state index in [1.54, 1.807) is 12.4 Å². The Bertz CT molecular complexity index is 497. The lowest BCUT2D eigenvalue weighted by atomic mass is 9.84. The van der Waals surface area contributed by atoms with Crippen LogP contribution in [0.15, 0.2) is 12.4 Å². The Labute approximate surface area is 132 Å². The van der Waals surface area contributed by atoms with Crippen molar-refractivity contribution in [3.05, 3.63) is 18.1 Å². The summed E-state index contributed by atoms with van der Waals surface area (Å²) in [6.07, 6.45) is 10.2. The predicted molar refractivity (Wildman–Crippen MR) is 84.7 cm³/mol. The van der Waals surface area contributed by atoms with Crippen LogP contribution in [0.4, 0.5) is 0 Å². The molecule has 22 heavy (non-hydrogen) atoms. The second kappa shape index (κ2) is 6.92. The number of piperidine rings is 1. The van der Waals surface area contributed by atoms with Crippen molar-refractivity contribution in [2.45, 2.75) is 51.0 Å². The molecule has 0 aliphatic carbocycles. The number of fused-ring (bicyclic) bond motifs is 2. The van der Waals surface area contributed by atoms with Gasteiger partial charge in [0.05, 0.1) is 6.61 Å². The molecule has 1 aromatic heterocycles. The first kappa shape index (κ1) is 15.7. The van der Waals surface area contributed by atoms with Crippen molar-refractivity contribution in [2.75, 3.05) is 26.2 Å². The molecule has 5 nitrogen and oxygen atoms in total. The fourth-order valence-electron chi connectivity index (χ4n) is 3.75. The van der Waals surface area contributed by atoms with Gasteiger partial charge in [-0.25, -0.2) is 4.98 Å². The second-order valence-electron chi connectivity index (χ2n) is 6.62. The van der Waals surface area contributed by atoms with E-state index in [-0.39, 0.29) is 5.92 Å². The maximum atomic E-state index is 11.2. The first-order chi connectivity index (χ1) is 10.7. The molecule has 3 heterocycles. The number of nitrogens with zero attached hydrogens (tertiary/aromatic N) is 3. The molecular weight excluding hydrogens is 278 g/mol. The van der Waals surface area contributed by atoms with Crippen LogP contribution in [-0.2, 0) is 5.60 Å². The van der Waals surface area contributed by atoms with Gasteiger partial charge in [0.1, 0.15) is 11.3 Å². The van der Waals surface area contributed by atoms with E-state index in [0.29, 0.717) is 24.7 Å². The van der Waals surface area contributed by atoms with Crippen LogP contribution in [-0.4, -0.2) is 46.2 Å². The third-order valence-corrected chi connectivity index (χ3v) is 4.96. The summed E-state index contributed by atoms with van der Waals surface area (Å²) in [4.78, 5) is 11.1. The fraction of sp³-hybridized carbons (Fsp3) is 0.765. The quantitative estimate of drug-likeness (QED) is 0.784. The molecule has 2 aliphatic heterocycles. The summed E-state index contributed by atoms with van der Waals surface area (Å²) in [5.74, 6) is 0.774. The predicted octanol–water partition coefficient (Wildman–Crippen LogP) is 2.35. The number of hydrogen-bond donors (Lipinski definition) is 1. The van der Waals surface area contributed by atoms with Crippen LogP contribution in [0.5, 0.6) is 5.88 Å². The topological polar surface area (TPSA) is 58.5 Å². The summed E-state index contributed by atoms with van der Waals surface area (Å²) >= 11 is 0. The maximum Gasteiger partial charge on any atom is 0.238 e. The van der Waals surface area contributed by atoms with Crippen LogP contribution in [0.1, 0.15) is 51.1 Å². The van der Waals surface area contributed by atoms with Crippen molar-refractivity contribution >= 4 is 0 Å². The molecule has 0 aromatic carbocycles. The molecule has 3 unspecified atom stereocenters. The minimum Gasteiger partial charge on any atom is -0.476 e. The Balaban J connectivity index is 1.71. The molecule has 2 aliphatic rings. The summed E-state index contributed by atoms with van der Waals surface area (Å²) in [6.45, 7) is 5.54. The van der Waals surface area contributed by atoms with Gasteiger partial charge >= 0.3 is 0 Å². The van der Waals surface area contributed by atoms with Crippen LogP contribution in [0.25, 0.3) is 0 Å². The lowest BCUT2D eigenvalue weighted by Gasteiger charge is -2.29. The van der Waals surface area contributed by atoms with Crippen molar-refractivity contribution in [3.8, 4) is 5.88 Å². The number of aromatic nitrogens is 2. The van der Waals surface area contributed by atoms with Crippen LogP contribution in [0.2, 0.25) is 0 Å². The molecule has 2 saturated heterocycles. The van der Waals surface area contributed by atoms with Crippen molar-refractivity contribution < 1.29 is 9.84 Å². The Hall–Kier alpha value is -1.20. The van der Waals surface area contributed by atoms with Gasteiger partial charge in [-0.2, -0.15) is 0 Å². The highest BCUT2D eigenvalue weighted by Gasteiger charge is 2.50. The monoisotopic (exact) mass is 305 g/mol. The van der Waals surface area contributed by atoms with E-state index in [2.05, 4.69) is 21.8 Å². The van der Waals surface area contributed by atoms with E-state index in [4.69, 9.17) is 4.74 Å². The van der Waals surface area contributed by atoms with Crippen LogP contribution in [0, 0.1) is 5.92 Å². The number of hydrogen-bond acceptors (Lipinski definition) is 5. The SMILES string of the molecule is CCCCCCOc1nccnc1C1(O)CN2CCCC1C2. The normalized spacial score (nSPS) is 30.5. The molecule has 5 heteroatoms. The van der Waals surface area contributed by atoms with Crippen molar-refractivity contribution in [1.82, 2.24) is 14.9 Å². The number of unbranched alkanes of at least 4 members (excludes halogenated alkanes) is 3. The number of aliphatic hydroxyl groups is 1. The molecule has 3 atom stereocenters. The van der Waals surface area contributed by atoms with E-state index < -0.39 is 5.60 Å². The molecule has 0 amide bonds. The number of rotatable bonds is 7. The summed E-state index contributed by atoms with van der Waals surface area (Å²) < 4.78 is 5.86. The van der Waals surface area contributed by atoms with E-state index in [1.807, 2.05) is 0 Å². The molecule has 122 valence electrons. The van der Waals surface area contributed by atoms with Crippen LogP contribution < -0.4 is 4.74 Å². The van der Waals surface area contributed by atoms with Gasteiger partial charge in [-0.15, -0.1) is 0 Å². The fourth-order valence-corrected chi connectivity index (χ4v) is 3.75. The molecule has 1 aromatic rings. The standard InChI is InChI=1S/C17H27N3O2/c1-2-3-4-5-11-22-16-15(18-8-9-19-16)17(21)13-20-10-6-7-14(17)12-20/h8-9,14,21H,2-7,10-13H2,1H3. The summed E-state index contributed by atoms with van der Waals surface area (Å²) in [7, 11) is 0. The smallest absolute Gasteiger partial charge is 0.238 e. The minimum absolute atomic E-state index is 0.250. The van der Waals surface area contributed by atoms with E-state index in [9.17, 15) is 5.11 Å². The van der Waals surface area contributed by atoms with Crippen molar-refractivity contribution in [1.29, 1.82) is 0 Å². The zero-order valence-electron chi connectivity index (χ0n) is 13.5. The molecular formula is C17H27N3O2. The highest BCUT2D eigenvalue weighted by Crippen LogP contribution is 2.43. The lowest BCUT2D eigenvalue weighted by molar-refractivity contribution is 0.00229. The highest BCUT2D eigenvalue weighted by molar-refractivity contribution is 5.28. The van der Waals surface area contributed by atoms with E-state index in [0.717, 1.165) is 32.4 Å². The Kier molecular flexibility index (Phi) is 4.93. The molecule has 3 rings (SSSR count). The molecule has 2 fully saturated rings. The van der Waals surface area contributed by atoms with Gasteiger partial charge in [-0.1, -0.05) is 26.2 Å². The first-order valence-electron chi connectivity index (χ1n) is 8.63. The van der Waals surface area contributed by atoms with Gasteiger partial charge in [0.2, 0.25) is 5.88 Å². The third kappa shape index (κ3) is 3.10. The average molecular weight is 305 g/mol. The largest absolute Gasteiger partial charge is 0.476 e. The average Bonchev–Trinajstić information content (AvgIpc) is 2.77. The van der Waals surface area contributed by atoms with Gasteiger partial charge in [0.15, 0.2) is 0 Å². The summed E-state index contributed by atoms with van der Waals surface area (Å²) in [5.41, 5.74) is -0.261. The van der Waals surface area contributed by atoms with Crippen LogP contribution >= 0.6 is 0 Å². The molecule has 2 bridgehead atoms. The second-order valence-corrected chi connectivity index (χ2v) is 6.62. The van der Waals surface area contributed by atoms with Crippen molar-refractivity contribution in [3.63, 3.8) is 0 Å². The van der Waals surface area contributed by atoms with E-state index >= 15 is 0 Å². The molecule has 0 saturated carbocycles. The van der Waals surface area contributed by atoms with Crippen LogP contribution in [0.3, 0.4) is 0 Å². The zero-order valence-corrected chi connectivity index (χ0v) is 13.5. The third-order valence-electron chi connectivity index (χ3n) is 4.96. The number of ether oxygens (including phenoxy) is 1. The Morgan fingerprint density at radius 3 is 3.00 bits per heavy atom. The van der Waals surface area contributed by atoms with Gasteiger partial charge < -0.3 is 9.84 Å². The van der Waals surface area contributed by atoms with Crippen molar-refractivity contribution in [2.24, 2.45) is 5.92 Å². The molecule has 1 N–H and O–H groups in total. The lowest BCUT2D eigenvalue weighted by Crippen LogP contribution is -2.35. The van der Waals surface area contributed by atoms with Gasteiger partial charge in [0.25, 0.3) is 0 Å². The van der Waals surface area contributed by atoms with Gasteiger partial charge in [-0.05, 0) is 25.8 Å². The minimum atomic E-state index is -0.899. The Morgan fingerprint density at radius 2 is 2.18 bits per heavy atom. The zero-order chi connectivity index (χ0) is 15.4. The summed E-state index contributed by atoms with van der Waals surface area (Å²) in [5, 5.41) is 11.2. The Morgan fingerprint density at radius 1 is 1.32 bits per heavy atom. The molecule has 0 radical (unpaired) electrons. The highest BCUT2D eigenvalue weighted by atomic mass is 16.5. The maximum absolute atomic E-state index is 11.2. The molecule has 0 spiro atoms. The van der Waals surface area contributed by atoms with Gasteiger partial charge in [-0.3, -0.25) is 9.88 Å². The summed E-state index contributed by atoms with van der Waals surface area (Å²) in [6, 6.07) is 0. The first-order valence-corrected chi connectivity index (χ1v) is 8.63. The van der Waals surface area contributed by atoms with E-state index in [1.165, 1.54) is 19.3 Å².